The monoisotopic (exact) mass is 242 g/mol. The van der Waals surface area contributed by atoms with E-state index in [1.54, 1.807) is 0 Å². The molecule has 0 fully saturated rings. The Balaban J connectivity index is 2.63. The Morgan fingerprint density at radius 2 is 2.12 bits per heavy atom. The quantitative estimate of drug-likeness (QED) is 0.828. The smallest absolute Gasteiger partial charge is 0.238 e. The number of rotatable bonds is 6. The topological polar surface area (TPSA) is 24.9 Å². The van der Waals surface area contributed by atoms with Crippen LogP contribution in [-0.2, 0) is 6.42 Å². The van der Waals surface area contributed by atoms with E-state index in [9.17, 15) is 8.78 Å². The van der Waals surface area contributed by atoms with Gasteiger partial charge in [0.2, 0.25) is 6.43 Å². The number of nitrogens with one attached hydrogen (secondary N) is 1. The maximum Gasteiger partial charge on any atom is 0.238 e. The maximum absolute atomic E-state index is 12.0. The van der Waals surface area contributed by atoms with Crippen molar-refractivity contribution in [2.75, 3.05) is 7.05 Å². The van der Waals surface area contributed by atoms with Crippen molar-refractivity contribution in [3.8, 4) is 0 Å². The molecule has 0 aromatic carbocycles. The van der Waals surface area contributed by atoms with E-state index in [0.29, 0.717) is 12.8 Å². The normalized spacial score (nSPS) is 13.1. The molecule has 4 heteroatoms. The average Bonchev–Trinajstić information content (AvgIpc) is 2.29. The molecule has 0 spiro atoms. The Bertz CT molecular complexity index is 353. The lowest BCUT2D eigenvalue weighted by molar-refractivity contribution is 0.135. The third-order valence-electron chi connectivity index (χ3n) is 2.98. The number of pyridine rings is 1. The molecule has 0 saturated carbocycles. The molecule has 1 rings (SSSR count). The lowest BCUT2D eigenvalue weighted by Crippen LogP contribution is -2.13. The van der Waals surface area contributed by atoms with Gasteiger partial charge >= 0.3 is 0 Å². The fourth-order valence-corrected chi connectivity index (χ4v) is 1.71. The van der Waals surface area contributed by atoms with E-state index in [-0.39, 0.29) is 12.5 Å². The first kappa shape index (κ1) is 14.0. The first-order valence-corrected chi connectivity index (χ1v) is 5.95. The Hall–Kier alpha value is -1.03. The van der Waals surface area contributed by atoms with Crippen LogP contribution in [0.1, 0.15) is 42.6 Å². The number of aryl methyl sites for hydroxylation is 2. The van der Waals surface area contributed by atoms with Crippen molar-refractivity contribution < 1.29 is 8.78 Å². The minimum atomic E-state index is -2.21. The van der Waals surface area contributed by atoms with Crippen LogP contribution in [0, 0.1) is 6.92 Å². The molecule has 0 saturated heterocycles. The van der Waals surface area contributed by atoms with Gasteiger partial charge in [0.15, 0.2) is 0 Å². The van der Waals surface area contributed by atoms with E-state index >= 15 is 0 Å². The van der Waals surface area contributed by atoms with Gasteiger partial charge in [0.25, 0.3) is 0 Å². The van der Waals surface area contributed by atoms with Crippen LogP contribution in [0.2, 0.25) is 0 Å². The fourth-order valence-electron chi connectivity index (χ4n) is 1.71. The van der Waals surface area contributed by atoms with Crippen molar-refractivity contribution in [3.63, 3.8) is 0 Å². The molecule has 1 aromatic rings. The SMILES string of the molecule is CNC(C)c1cnc(CCCC(F)F)c(C)c1. The summed E-state index contributed by atoms with van der Waals surface area (Å²) in [5, 5.41) is 3.15. The van der Waals surface area contributed by atoms with Gasteiger partial charge in [-0.15, -0.1) is 0 Å². The van der Waals surface area contributed by atoms with Gasteiger partial charge in [-0.3, -0.25) is 4.98 Å². The van der Waals surface area contributed by atoms with Crippen LogP contribution in [0.3, 0.4) is 0 Å². The van der Waals surface area contributed by atoms with Crippen LogP contribution in [-0.4, -0.2) is 18.5 Å². The molecule has 17 heavy (non-hydrogen) atoms. The molecule has 2 nitrogen and oxygen atoms in total. The van der Waals surface area contributed by atoms with Gasteiger partial charge in [-0.1, -0.05) is 6.07 Å². The Labute approximate surface area is 101 Å². The fraction of sp³-hybridized carbons (Fsp3) is 0.615. The first-order valence-electron chi connectivity index (χ1n) is 5.95. The summed E-state index contributed by atoms with van der Waals surface area (Å²) in [7, 11) is 1.90. The van der Waals surface area contributed by atoms with Gasteiger partial charge in [0, 0.05) is 24.4 Å². The molecule has 0 amide bonds. The number of hydrogen-bond donors (Lipinski definition) is 1. The predicted molar refractivity (Wildman–Crippen MR) is 65.4 cm³/mol. The van der Waals surface area contributed by atoms with Crippen LogP contribution < -0.4 is 5.32 Å². The van der Waals surface area contributed by atoms with Crippen molar-refractivity contribution >= 4 is 0 Å². The standard InChI is InChI=1S/C13H20F2N2/c1-9-7-11(10(2)16-3)8-17-12(9)5-4-6-13(14)15/h7-8,10,13,16H,4-6H2,1-3H3. The predicted octanol–water partition coefficient (Wildman–Crippen LogP) is 3.26. The minimum Gasteiger partial charge on any atom is -0.313 e. The third kappa shape index (κ3) is 4.38. The van der Waals surface area contributed by atoms with Crippen molar-refractivity contribution in [2.24, 2.45) is 0 Å². The lowest BCUT2D eigenvalue weighted by Gasteiger charge is -2.12. The Morgan fingerprint density at radius 3 is 2.65 bits per heavy atom. The maximum atomic E-state index is 12.0. The van der Waals surface area contributed by atoms with Crippen molar-refractivity contribution in [1.82, 2.24) is 10.3 Å². The highest BCUT2D eigenvalue weighted by atomic mass is 19.3. The second-order valence-electron chi connectivity index (χ2n) is 4.33. The molecule has 1 atom stereocenters. The molecule has 1 aromatic heterocycles. The van der Waals surface area contributed by atoms with Crippen molar-refractivity contribution in [1.29, 1.82) is 0 Å². The highest BCUT2D eigenvalue weighted by Crippen LogP contribution is 2.16. The molecule has 0 bridgehead atoms. The van der Waals surface area contributed by atoms with E-state index in [1.165, 1.54) is 0 Å². The molecule has 1 heterocycles. The van der Waals surface area contributed by atoms with Gasteiger partial charge in [-0.05, 0) is 44.9 Å². The zero-order chi connectivity index (χ0) is 12.8. The minimum absolute atomic E-state index is 0.0458. The third-order valence-corrected chi connectivity index (χ3v) is 2.98. The van der Waals surface area contributed by atoms with E-state index < -0.39 is 6.43 Å². The molecule has 0 aliphatic heterocycles. The van der Waals surface area contributed by atoms with Gasteiger partial charge in [-0.2, -0.15) is 0 Å². The second-order valence-corrected chi connectivity index (χ2v) is 4.33. The largest absolute Gasteiger partial charge is 0.313 e. The summed E-state index contributed by atoms with van der Waals surface area (Å²) in [6.45, 7) is 4.05. The number of nitrogens with zero attached hydrogens (tertiary/aromatic N) is 1. The molecule has 0 aliphatic carbocycles. The molecule has 1 N–H and O–H groups in total. The summed E-state index contributed by atoms with van der Waals surface area (Å²) < 4.78 is 24.1. The molecule has 96 valence electrons. The summed E-state index contributed by atoms with van der Waals surface area (Å²) in [6.07, 6.45) is 0.692. The number of aromatic nitrogens is 1. The molecular weight excluding hydrogens is 222 g/mol. The number of alkyl halides is 2. The van der Waals surface area contributed by atoms with E-state index in [0.717, 1.165) is 16.8 Å². The van der Waals surface area contributed by atoms with Crippen molar-refractivity contribution in [2.45, 2.75) is 45.6 Å². The van der Waals surface area contributed by atoms with Gasteiger partial charge in [-0.25, -0.2) is 8.78 Å². The lowest BCUT2D eigenvalue weighted by atomic mass is 10.0. The highest BCUT2D eigenvalue weighted by Gasteiger charge is 2.08. The summed E-state index contributed by atoms with van der Waals surface area (Å²) in [6, 6.07) is 2.34. The molecule has 1 unspecified atom stereocenters. The average molecular weight is 242 g/mol. The second kappa shape index (κ2) is 6.64. The first-order chi connectivity index (χ1) is 8.04. The van der Waals surface area contributed by atoms with Gasteiger partial charge in [0.1, 0.15) is 0 Å². The molecule has 0 radical (unpaired) electrons. The van der Waals surface area contributed by atoms with Crippen LogP contribution in [0.15, 0.2) is 12.3 Å². The zero-order valence-electron chi connectivity index (χ0n) is 10.6. The van der Waals surface area contributed by atoms with E-state index in [4.69, 9.17) is 0 Å². The number of halogens is 2. The summed E-state index contributed by atoms with van der Waals surface area (Å²) >= 11 is 0. The highest BCUT2D eigenvalue weighted by molar-refractivity contribution is 5.26. The molecule has 0 aliphatic rings. The van der Waals surface area contributed by atoms with Crippen LogP contribution in [0.25, 0.3) is 0 Å². The Morgan fingerprint density at radius 1 is 1.41 bits per heavy atom. The van der Waals surface area contributed by atoms with Crippen LogP contribution >= 0.6 is 0 Å². The van der Waals surface area contributed by atoms with E-state index in [2.05, 4.69) is 23.3 Å². The van der Waals surface area contributed by atoms with Crippen LogP contribution in [0.4, 0.5) is 8.78 Å². The summed E-state index contributed by atoms with van der Waals surface area (Å²) in [5.74, 6) is 0. The summed E-state index contributed by atoms with van der Waals surface area (Å²) in [5.41, 5.74) is 3.14. The van der Waals surface area contributed by atoms with E-state index in [1.807, 2.05) is 20.2 Å². The van der Waals surface area contributed by atoms with Gasteiger partial charge < -0.3 is 5.32 Å². The molecular formula is C13H20F2N2. The summed E-state index contributed by atoms with van der Waals surface area (Å²) in [4.78, 5) is 4.36. The number of hydrogen-bond acceptors (Lipinski definition) is 2. The van der Waals surface area contributed by atoms with Crippen molar-refractivity contribution in [3.05, 3.63) is 29.1 Å². The Kier molecular flexibility index (Phi) is 5.48. The van der Waals surface area contributed by atoms with Gasteiger partial charge in [0.05, 0.1) is 0 Å². The van der Waals surface area contributed by atoms with Crippen LogP contribution in [0.5, 0.6) is 0 Å². The zero-order valence-corrected chi connectivity index (χ0v) is 10.6.